The maximum Gasteiger partial charge on any atom is 0.274 e. The van der Waals surface area contributed by atoms with Gasteiger partial charge in [-0.3, -0.25) is 9.48 Å². The number of nitrogens with two attached hydrogens (primary N) is 1. The molecule has 1 aromatic rings. The molecule has 0 aliphatic heterocycles. The summed E-state index contributed by atoms with van der Waals surface area (Å²) in [6.45, 7) is 0.0614. The quantitative estimate of drug-likeness (QED) is 0.297. The maximum absolute atomic E-state index is 11.7. The molecule has 15 heavy (non-hydrogen) atoms. The Bertz CT molecular complexity index is 384. The van der Waals surface area contributed by atoms with Gasteiger partial charge in [0.25, 0.3) is 5.91 Å². The molecule has 0 unspecified atom stereocenters. The molecule has 0 spiro atoms. The van der Waals surface area contributed by atoms with Crippen molar-refractivity contribution in [1.82, 2.24) is 14.7 Å². The Morgan fingerprint density at radius 3 is 2.93 bits per heavy atom. The number of hydrogen-bond acceptors (Lipinski definition) is 4. The topological polar surface area (TPSA) is 96.7 Å². The number of carbonyl (C=O) groups excluding carboxylic acids is 1. The van der Waals surface area contributed by atoms with E-state index in [1.54, 1.807) is 26.4 Å². The van der Waals surface area contributed by atoms with Crippen molar-refractivity contribution in [1.29, 1.82) is 0 Å². The first-order chi connectivity index (χ1) is 7.04. The van der Waals surface area contributed by atoms with Gasteiger partial charge in [-0.25, -0.2) is 0 Å². The Kier molecular flexibility index (Phi) is 3.27. The first kappa shape index (κ1) is 11.0. The second-order valence-corrected chi connectivity index (χ2v) is 3.13. The lowest BCUT2D eigenvalue weighted by Gasteiger charge is -2.14. The fraction of sp³-hybridized carbons (Fsp3) is 0.375. The molecule has 0 bridgehead atoms. The molecule has 0 fully saturated rings. The highest BCUT2D eigenvalue weighted by Gasteiger charge is 2.15. The summed E-state index contributed by atoms with van der Waals surface area (Å²) in [7, 11) is 3.27. The van der Waals surface area contributed by atoms with Crippen molar-refractivity contribution in [3.63, 3.8) is 0 Å². The van der Waals surface area contributed by atoms with Crippen molar-refractivity contribution < 1.29 is 10.0 Å². The lowest BCUT2D eigenvalue weighted by Crippen LogP contribution is -2.35. The Labute approximate surface area is 86.8 Å². The first-order valence-electron chi connectivity index (χ1n) is 4.26. The van der Waals surface area contributed by atoms with Crippen LogP contribution in [-0.4, -0.2) is 45.2 Å². The van der Waals surface area contributed by atoms with Crippen LogP contribution in [0, 0.1) is 0 Å². The fourth-order valence-corrected chi connectivity index (χ4v) is 1.07. The van der Waals surface area contributed by atoms with Crippen LogP contribution in [0.25, 0.3) is 0 Å². The predicted molar refractivity (Wildman–Crippen MR) is 53.6 cm³/mol. The van der Waals surface area contributed by atoms with Crippen LogP contribution in [0.4, 0.5) is 0 Å². The summed E-state index contributed by atoms with van der Waals surface area (Å²) in [5.74, 6) is -0.302. The average molecular weight is 211 g/mol. The zero-order valence-corrected chi connectivity index (χ0v) is 8.58. The highest BCUT2D eigenvalue weighted by molar-refractivity contribution is 5.95. The standard InChI is InChI=1S/C8H13N5O2/c1-12(5-7(9)11-15)8(14)6-3-4-13(2)10-6/h3-4,15H,5H2,1-2H3,(H2,9,11). The van der Waals surface area contributed by atoms with E-state index in [1.165, 1.54) is 9.58 Å². The molecule has 1 aromatic heterocycles. The number of hydrogen-bond donors (Lipinski definition) is 2. The first-order valence-corrected chi connectivity index (χ1v) is 4.26. The second kappa shape index (κ2) is 4.45. The molecule has 0 saturated carbocycles. The molecular weight excluding hydrogens is 198 g/mol. The summed E-state index contributed by atoms with van der Waals surface area (Å²) in [4.78, 5) is 13.0. The van der Waals surface area contributed by atoms with E-state index in [0.717, 1.165) is 0 Å². The molecule has 7 heteroatoms. The molecule has 0 saturated heterocycles. The minimum atomic E-state index is -0.276. The van der Waals surface area contributed by atoms with Crippen molar-refractivity contribution in [2.75, 3.05) is 13.6 Å². The van der Waals surface area contributed by atoms with Crippen molar-refractivity contribution in [2.24, 2.45) is 17.9 Å². The van der Waals surface area contributed by atoms with E-state index in [4.69, 9.17) is 10.9 Å². The Morgan fingerprint density at radius 2 is 2.47 bits per heavy atom. The summed E-state index contributed by atoms with van der Waals surface area (Å²) >= 11 is 0. The molecule has 7 nitrogen and oxygen atoms in total. The van der Waals surface area contributed by atoms with Crippen LogP contribution in [0.1, 0.15) is 10.5 Å². The number of aryl methyl sites for hydroxylation is 1. The van der Waals surface area contributed by atoms with Crippen LogP contribution in [0.2, 0.25) is 0 Å². The van der Waals surface area contributed by atoms with Gasteiger partial charge in [-0.1, -0.05) is 5.16 Å². The minimum Gasteiger partial charge on any atom is -0.409 e. The number of oxime groups is 1. The molecule has 0 atom stereocenters. The van der Waals surface area contributed by atoms with Gasteiger partial charge in [0.05, 0.1) is 6.54 Å². The van der Waals surface area contributed by atoms with Gasteiger partial charge in [0, 0.05) is 20.3 Å². The van der Waals surface area contributed by atoms with E-state index in [9.17, 15) is 4.79 Å². The number of carbonyl (C=O) groups is 1. The number of amidine groups is 1. The SMILES string of the molecule is CN(C/C(N)=N/O)C(=O)c1ccn(C)n1. The predicted octanol–water partition coefficient (Wildman–Crippen LogP) is -0.761. The van der Waals surface area contributed by atoms with Gasteiger partial charge in [0.15, 0.2) is 5.84 Å². The summed E-state index contributed by atoms with van der Waals surface area (Å²) in [6, 6.07) is 1.60. The summed E-state index contributed by atoms with van der Waals surface area (Å²) in [5.41, 5.74) is 5.60. The molecule has 82 valence electrons. The molecule has 0 aliphatic carbocycles. The smallest absolute Gasteiger partial charge is 0.274 e. The average Bonchev–Trinajstić information content (AvgIpc) is 2.63. The molecule has 1 amide bonds. The fourth-order valence-electron chi connectivity index (χ4n) is 1.07. The van der Waals surface area contributed by atoms with Gasteiger partial charge in [-0.05, 0) is 6.07 Å². The van der Waals surface area contributed by atoms with Crippen molar-refractivity contribution in [3.8, 4) is 0 Å². The summed E-state index contributed by atoms with van der Waals surface area (Å²) < 4.78 is 1.53. The van der Waals surface area contributed by atoms with Crippen LogP contribution < -0.4 is 5.73 Å². The third-order valence-electron chi connectivity index (χ3n) is 1.81. The zero-order chi connectivity index (χ0) is 11.4. The lowest BCUT2D eigenvalue weighted by atomic mass is 10.3. The highest BCUT2D eigenvalue weighted by atomic mass is 16.4. The minimum absolute atomic E-state index is 0.0261. The second-order valence-electron chi connectivity index (χ2n) is 3.13. The number of nitrogens with zero attached hydrogens (tertiary/aromatic N) is 4. The molecule has 1 heterocycles. The molecule has 3 N–H and O–H groups in total. The Hall–Kier alpha value is -2.05. The lowest BCUT2D eigenvalue weighted by molar-refractivity contribution is 0.0807. The monoisotopic (exact) mass is 211 g/mol. The van der Waals surface area contributed by atoms with E-state index < -0.39 is 0 Å². The van der Waals surface area contributed by atoms with E-state index in [0.29, 0.717) is 5.69 Å². The zero-order valence-electron chi connectivity index (χ0n) is 8.58. The van der Waals surface area contributed by atoms with Crippen LogP contribution in [0.15, 0.2) is 17.4 Å². The van der Waals surface area contributed by atoms with Crippen LogP contribution in [0.3, 0.4) is 0 Å². The molecule has 1 rings (SSSR count). The maximum atomic E-state index is 11.7. The molecule has 0 radical (unpaired) electrons. The summed E-state index contributed by atoms with van der Waals surface area (Å²) in [6.07, 6.45) is 1.67. The van der Waals surface area contributed by atoms with Gasteiger partial charge < -0.3 is 15.8 Å². The summed E-state index contributed by atoms with van der Waals surface area (Å²) in [5, 5.41) is 15.1. The Morgan fingerprint density at radius 1 is 1.80 bits per heavy atom. The number of amides is 1. The highest BCUT2D eigenvalue weighted by Crippen LogP contribution is 1.99. The molecule has 0 aromatic carbocycles. The van der Waals surface area contributed by atoms with E-state index in [2.05, 4.69) is 10.3 Å². The molecular formula is C8H13N5O2. The van der Waals surface area contributed by atoms with Crippen LogP contribution >= 0.6 is 0 Å². The van der Waals surface area contributed by atoms with Crippen molar-refractivity contribution in [3.05, 3.63) is 18.0 Å². The van der Waals surface area contributed by atoms with E-state index in [-0.39, 0.29) is 18.3 Å². The van der Waals surface area contributed by atoms with Gasteiger partial charge >= 0.3 is 0 Å². The third-order valence-corrected chi connectivity index (χ3v) is 1.81. The van der Waals surface area contributed by atoms with Gasteiger partial charge in [0.2, 0.25) is 0 Å². The third kappa shape index (κ3) is 2.70. The largest absolute Gasteiger partial charge is 0.409 e. The molecule has 0 aliphatic rings. The van der Waals surface area contributed by atoms with Crippen molar-refractivity contribution >= 4 is 11.7 Å². The number of rotatable bonds is 3. The van der Waals surface area contributed by atoms with Gasteiger partial charge in [0.1, 0.15) is 5.69 Å². The van der Waals surface area contributed by atoms with Gasteiger partial charge in [-0.15, -0.1) is 0 Å². The van der Waals surface area contributed by atoms with Crippen LogP contribution in [0.5, 0.6) is 0 Å². The number of likely N-dealkylation sites (N-methyl/N-ethyl adjacent to an activating group) is 1. The normalized spacial score (nSPS) is 11.5. The van der Waals surface area contributed by atoms with E-state index in [1.807, 2.05) is 0 Å². The van der Waals surface area contributed by atoms with E-state index >= 15 is 0 Å². The van der Waals surface area contributed by atoms with Crippen molar-refractivity contribution in [2.45, 2.75) is 0 Å². The van der Waals surface area contributed by atoms with Crippen LogP contribution in [-0.2, 0) is 7.05 Å². The Balaban J connectivity index is 2.69. The number of aromatic nitrogens is 2. The van der Waals surface area contributed by atoms with Gasteiger partial charge in [-0.2, -0.15) is 5.10 Å².